The van der Waals surface area contributed by atoms with Crippen LogP contribution >= 0.6 is 0 Å². The molecule has 3 rings (SSSR count). The van der Waals surface area contributed by atoms with Crippen molar-refractivity contribution in [1.82, 2.24) is 15.1 Å². The molecule has 2 saturated heterocycles. The molecule has 1 spiro atoms. The van der Waals surface area contributed by atoms with Gasteiger partial charge in [0.2, 0.25) is 5.91 Å². The first-order valence-electron chi connectivity index (χ1n) is 10.8. The summed E-state index contributed by atoms with van der Waals surface area (Å²) in [4.78, 5) is 20.6. The fraction of sp³-hybridized carbons (Fsp3) is 0.905. The quantitative estimate of drug-likeness (QED) is 0.606. The van der Waals surface area contributed by atoms with E-state index in [1.54, 1.807) is 6.92 Å². The van der Waals surface area contributed by atoms with Crippen LogP contribution in [0.5, 0.6) is 0 Å². The van der Waals surface area contributed by atoms with Gasteiger partial charge < -0.3 is 15.1 Å². The predicted molar refractivity (Wildman–Crippen MR) is 107 cm³/mol. The molecule has 3 fully saturated rings. The smallest absolute Gasteiger partial charge is 0.219 e. The van der Waals surface area contributed by atoms with Crippen LogP contribution in [-0.2, 0) is 4.79 Å². The molecule has 5 heteroatoms. The van der Waals surface area contributed by atoms with Crippen molar-refractivity contribution < 1.29 is 4.79 Å². The Kier molecular flexibility index (Phi) is 6.82. The van der Waals surface area contributed by atoms with E-state index in [0.29, 0.717) is 11.3 Å². The van der Waals surface area contributed by atoms with Crippen LogP contribution in [0, 0.1) is 11.3 Å². The molecule has 148 valence electrons. The van der Waals surface area contributed by atoms with Crippen molar-refractivity contribution in [1.29, 1.82) is 0 Å². The number of rotatable bonds is 2. The van der Waals surface area contributed by atoms with Gasteiger partial charge in [0.05, 0.1) is 0 Å². The van der Waals surface area contributed by atoms with Crippen molar-refractivity contribution in [3.63, 3.8) is 0 Å². The Morgan fingerprint density at radius 3 is 2.27 bits per heavy atom. The molecule has 0 radical (unpaired) electrons. The molecule has 26 heavy (non-hydrogen) atoms. The van der Waals surface area contributed by atoms with Gasteiger partial charge in [-0.2, -0.15) is 0 Å². The van der Waals surface area contributed by atoms with Gasteiger partial charge >= 0.3 is 0 Å². The van der Waals surface area contributed by atoms with Crippen LogP contribution < -0.4 is 5.32 Å². The van der Waals surface area contributed by atoms with Crippen LogP contribution in [0.2, 0.25) is 0 Å². The lowest BCUT2D eigenvalue weighted by Crippen LogP contribution is -2.51. The van der Waals surface area contributed by atoms with Crippen molar-refractivity contribution in [2.75, 3.05) is 39.8 Å². The number of hydrogen-bond acceptors (Lipinski definition) is 2. The number of carbonyl (C=O) groups is 1. The van der Waals surface area contributed by atoms with E-state index in [0.717, 1.165) is 45.0 Å². The second kappa shape index (κ2) is 9.09. The van der Waals surface area contributed by atoms with Gasteiger partial charge in [0.1, 0.15) is 0 Å². The summed E-state index contributed by atoms with van der Waals surface area (Å²) in [5.41, 5.74) is 0.541. The third-order valence-corrected chi connectivity index (χ3v) is 6.95. The highest BCUT2D eigenvalue weighted by molar-refractivity contribution is 5.80. The standard InChI is InChI=1S/C21H38N4O/c1-18(26)24-14-8-19(9-15-24)16-23-20(22-2)25-13-7-12-21(17-25)10-5-3-4-6-11-21/h19H,3-17H2,1-2H3,(H,22,23). The summed E-state index contributed by atoms with van der Waals surface area (Å²) in [5, 5.41) is 3.66. The number of likely N-dealkylation sites (tertiary alicyclic amines) is 2. The lowest BCUT2D eigenvalue weighted by Gasteiger charge is -2.44. The van der Waals surface area contributed by atoms with Crippen molar-refractivity contribution in [3.8, 4) is 0 Å². The van der Waals surface area contributed by atoms with Crippen LogP contribution in [0.4, 0.5) is 0 Å². The Bertz CT molecular complexity index is 488. The van der Waals surface area contributed by atoms with Gasteiger partial charge in [-0.3, -0.25) is 9.79 Å². The average Bonchev–Trinajstić information content (AvgIpc) is 2.88. The number of amides is 1. The molecule has 0 aromatic carbocycles. The number of nitrogens with one attached hydrogen (secondary N) is 1. The van der Waals surface area contributed by atoms with Crippen LogP contribution in [0.25, 0.3) is 0 Å². The fourth-order valence-corrected chi connectivity index (χ4v) is 5.30. The van der Waals surface area contributed by atoms with Crippen LogP contribution in [-0.4, -0.2) is 61.4 Å². The summed E-state index contributed by atoms with van der Waals surface area (Å²) in [6.07, 6.45) is 13.4. The second-order valence-electron chi connectivity index (χ2n) is 8.82. The molecule has 5 nitrogen and oxygen atoms in total. The SMILES string of the molecule is CN=C(NCC1CCN(C(C)=O)CC1)N1CCCC2(CCCCCC2)C1. The zero-order valence-corrected chi connectivity index (χ0v) is 16.9. The van der Waals surface area contributed by atoms with Gasteiger partial charge in [-0.25, -0.2) is 0 Å². The summed E-state index contributed by atoms with van der Waals surface area (Å²) in [5.74, 6) is 1.97. The van der Waals surface area contributed by atoms with Gasteiger partial charge in [0.25, 0.3) is 0 Å². The number of carbonyl (C=O) groups excluding carboxylic acids is 1. The Morgan fingerprint density at radius 2 is 1.65 bits per heavy atom. The van der Waals surface area contributed by atoms with E-state index >= 15 is 0 Å². The number of aliphatic imine (C=N–C) groups is 1. The van der Waals surface area contributed by atoms with Crippen molar-refractivity contribution in [2.24, 2.45) is 16.3 Å². The van der Waals surface area contributed by atoms with Gasteiger partial charge in [-0.1, -0.05) is 25.7 Å². The van der Waals surface area contributed by atoms with Crippen LogP contribution in [0.1, 0.15) is 71.1 Å². The molecule has 1 aliphatic carbocycles. The summed E-state index contributed by atoms with van der Waals surface area (Å²) in [6, 6.07) is 0. The molecule has 2 heterocycles. The predicted octanol–water partition coefficient (Wildman–Crippen LogP) is 3.26. The molecule has 2 aliphatic heterocycles. The zero-order chi connectivity index (χ0) is 18.4. The van der Waals surface area contributed by atoms with Crippen LogP contribution in [0.15, 0.2) is 4.99 Å². The van der Waals surface area contributed by atoms with E-state index in [-0.39, 0.29) is 5.91 Å². The maximum Gasteiger partial charge on any atom is 0.219 e. The highest BCUT2D eigenvalue weighted by atomic mass is 16.2. The van der Waals surface area contributed by atoms with E-state index in [2.05, 4.69) is 15.2 Å². The maximum absolute atomic E-state index is 11.5. The molecule has 1 N–H and O–H groups in total. The van der Waals surface area contributed by atoms with E-state index in [1.165, 1.54) is 57.9 Å². The Morgan fingerprint density at radius 1 is 1.00 bits per heavy atom. The molecule has 0 atom stereocenters. The lowest BCUT2D eigenvalue weighted by atomic mass is 9.74. The highest BCUT2D eigenvalue weighted by Gasteiger charge is 2.36. The lowest BCUT2D eigenvalue weighted by molar-refractivity contribution is -0.130. The van der Waals surface area contributed by atoms with Crippen LogP contribution in [0.3, 0.4) is 0 Å². The summed E-state index contributed by atoms with van der Waals surface area (Å²) < 4.78 is 0. The second-order valence-corrected chi connectivity index (χ2v) is 8.82. The van der Waals surface area contributed by atoms with E-state index in [9.17, 15) is 4.79 Å². The normalized spacial score (nSPS) is 25.2. The minimum absolute atomic E-state index is 0.217. The van der Waals surface area contributed by atoms with Gasteiger partial charge in [0, 0.05) is 46.7 Å². The molecule has 0 aromatic heterocycles. The molecule has 0 unspecified atom stereocenters. The fourth-order valence-electron chi connectivity index (χ4n) is 5.30. The minimum Gasteiger partial charge on any atom is -0.356 e. The van der Waals surface area contributed by atoms with E-state index in [4.69, 9.17) is 0 Å². The number of piperidine rings is 2. The molecule has 0 bridgehead atoms. The van der Waals surface area contributed by atoms with E-state index in [1.807, 2.05) is 11.9 Å². The number of guanidine groups is 1. The molecule has 1 amide bonds. The molecular formula is C21H38N4O. The molecule has 0 aromatic rings. The van der Waals surface area contributed by atoms with Crippen molar-refractivity contribution in [2.45, 2.75) is 71.1 Å². The van der Waals surface area contributed by atoms with Gasteiger partial charge in [-0.15, -0.1) is 0 Å². The molecular weight excluding hydrogens is 324 g/mol. The third-order valence-electron chi connectivity index (χ3n) is 6.95. The van der Waals surface area contributed by atoms with Crippen molar-refractivity contribution in [3.05, 3.63) is 0 Å². The topological polar surface area (TPSA) is 47.9 Å². The summed E-state index contributed by atoms with van der Waals surface area (Å²) in [6.45, 7) is 6.82. The summed E-state index contributed by atoms with van der Waals surface area (Å²) in [7, 11) is 1.93. The number of hydrogen-bond donors (Lipinski definition) is 1. The molecule has 1 saturated carbocycles. The number of nitrogens with zero attached hydrogens (tertiary/aromatic N) is 3. The monoisotopic (exact) mass is 362 g/mol. The largest absolute Gasteiger partial charge is 0.356 e. The average molecular weight is 363 g/mol. The first-order chi connectivity index (χ1) is 12.6. The van der Waals surface area contributed by atoms with E-state index < -0.39 is 0 Å². The van der Waals surface area contributed by atoms with Gasteiger partial charge in [0.15, 0.2) is 5.96 Å². The van der Waals surface area contributed by atoms with Gasteiger partial charge in [-0.05, 0) is 49.9 Å². The third kappa shape index (κ3) is 4.92. The first-order valence-corrected chi connectivity index (χ1v) is 10.8. The maximum atomic E-state index is 11.5. The molecule has 3 aliphatic rings. The Labute approximate surface area is 159 Å². The first kappa shape index (κ1) is 19.5. The summed E-state index contributed by atoms with van der Waals surface area (Å²) >= 11 is 0. The van der Waals surface area contributed by atoms with Crippen molar-refractivity contribution >= 4 is 11.9 Å². The Hall–Kier alpha value is -1.26. The highest BCUT2D eigenvalue weighted by Crippen LogP contribution is 2.42. The Balaban J connectivity index is 1.50. The zero-order valence-electron chi connectivity index (χ0n) is 16.9. The minimum atomic E-state index is 0.217.